The summed E-state index contributed by atoms with van der Waals surface area (Å²) in [5.41, 5.74) is 5.04. The van der Waals surface area contributed by atoms with Crippen molar-refractivity contribution < 1.29 is 16.8 Å². The Morgan fingerprint density at radius 2 is 2.21 bits per heavy atom. The van der Waals surface area contributed by atoms with Gasteiger partial charge in [-0.15, -0.1) is 0 Å². The Labute approximate surface area is 94.5 Å². The maximum atomic E-state index is 10.8. The number of aliphatic carboxylic acids is 1. The van der Waals surface area contributed by atoms with Crippen LogP contribution in [-0.4, -0.2) is 17.6 Å². The largest absolute Gasteiger partial charge is 0.481 e. The van der Waals surface area contributed by atoms with E-state index in [2.05, 4.69) is 0 Å². The van der Waals surface area contributed by atoms with Gasteiger partial charge in [-0.25, -0.2) is 0 Å². The molecule has 0 aliphatic carbocycles. The molecule has 0 amide bonds. The molecule has 3 N–H and O–H groups in total. The first kappa shape index (κ1) is 5.73. The van der Waals surface area contributed by atoms with Crippen molar-refractivity contribution in [3.63, 3.8) is 0 Å². The van der Waals surface area contributed by atoms with Crippen LogP contribution in [0.5, 0.6) is 0 Å². The van der Waals surface area contributed by atoms with Gasteiger partial charge in [0.15, 0.2) is 0 Å². The van der Waals surface area contributed by atoms with Crippen LogP contribution in [0.25, 0.3) is 0 Å². The third-order valence-electron chi connectivity index (χ3n) is 1.56. The monoisotopic (exact) mass is 218 g/mol. The molecule has 0 fully saturated rings. The molecule has 1 unspecified atom stereocenters. The Hall–Kier alpha value is -1.06. The van der Waals surface area contributed by atoms with Gasteiger partial charge in [-0.3, -0.25) is 4.79 Å². The third kappa shape index (κ3) is 3.01. The van der Waals surface area contributed by atoms with Gasteiger partial charge in [0.25, 0.3) is 0 Å². The molecule has 1 aromatic carbocycles. The summed E-state index contributed by atoms with van der Waals surface area (Å²) in [5, 5.41) is 8.43. The van der Waals surface area contributed by atoms with Gasteiger partial charge in [0.05, 0.1) is 11.9 Å². The summed E-state index contributed by atoms with van der Waals surface area (Å²) in [6.07, 6.45) is -0.720. The maximum Gasteiger partial charge on any atom is 0.304 e. The molecule has 14 heavy (non-hydrogen) atoms. The molecule has 76 valence electrons. The molecule has 1 rings (SSSR count). The number of nitrogens with two attached hydrogens (primary N) is 1. The minimum atomic E-state index is -1.93. The van der Waals surface area contributed by atoms with Crippen molar-refractivity contribution in [3.8, 4) is 0 Å². The van der Waals surface area contributed by atoms with E-state index >= 15 is 0 Å². The van der Waals surface area contributed by atoms with Gasteiger partial charge in [0.1, 0.15) is 0 Å². The van der Waals surface area contributed by atoms with E-state index in [9.17, 15) is 4.79 Å². The second-order valence-corrected chi connectivity index (χ2v) is 2.95. The van der Waals surface area contributed by atoms with Gasteiger partial charge in [0.2, 0.25) is 0 Å². The van der Waals surface area contributed by atoms with Crippen molar-refractivity contribution in [1.82, 2.24) is 0 Å². The number of hydrogen-bond donors (Lipinski definition) is 2. The lowest BCUT2D eigenvalue weighted by molar-refractivity contribution is -0.137. The average molecular weight is 219 g/mol. The lowest BCUT2D eigenvalue weighted by Crippen LogP contribution is -2.16. The summed E-state index contributed by atoms with van der Waals surface area (Å²) in [7, 11) is 0. The summed E-state index contributed by atoms with van der Waals surface area (Å²) in [6, 6.07) is -2.08. The molecule has 0 radical (unpaired) electrons. The highest BCUT2D eigenvalue weighted by atomic mass is 35.5. The highest BCUT2D eigenvalue weighted by Gasteiger charge is 2.13. The van der Waals surface area contributed by atoms with Crippen molar-refractivity contribution in [2.24, 2.45) is 5.73 Å². The molecule has 0 saturated heterocycles. The van der Waals surface area contributed by atoms with Crippen LogP contribution in [-0.2, 0) is 4.79 Å². The lowest BCUT2D eigenvalue weighted by Gasteiger charge is -2.12. The van der Waals surface area contributed by atoms with Crippen molar-refractivity contribution in [2.75, 3.05) is 6.54 Å². The van der Waals surface area contributed by atoms with E-state index < -0.39 is 49.0 Å². The Balaban J connectivity index is 3.61. The molecule has 0 saturated carbocycles. The molecule has 3 nitrogen and oxygen atoms in total. The zero-order chi connectivity index (χ0) is 15.0. The van der Waals surface area contributed by atoms with Crippen molar-refractivity contribution in [2.45, 2.75) is 12.3 Å². The molecule has 1 atom stereocenters. The van der Waals surface area contributed by atoms with Crippen LogP contribution in [0.1, 0.15) is 24.7 Å². The van der Waals surface area contributed by atoms with Gasteiger partial charge in [0, 0.05) is 12.3 Å². The second-order valence-electron chi connectivity index (χ2n) is 2.57. The van der Waals surface area contributed by atoms with Crippen molar-refractivity contribution in [3.05, 3.63) is 34.8 Å². The van der Waals surface area contributed by atoms with E-state index in [4.69, 9.17) is 29.3 Å². The predicted molar refractivity (Wildman–Crippen MR) is 55.5 cm³/mol. The van der Waals surface area contributed by atoms with Gasteiger partial charge in [-0.2, -0.15) is 0 Å². The number of benzene rings is 1. The van der Waals surface area contributed by atoms with E-state index in [-0.39, 0.29) is 10.6 Å². The molecule has 0 aromatic heterocycles. The van der Waals surface area contributed by atoms with E-state index in [1.165, 1.54) is 0 Å². The topological polar surface area (TPSA) is 63.3 Å². The Morgan fingerprint density at radius 3 is 2.64 bits per heavy atom. The molecule has 0 aliphatic heterocycles. The molecule has 0 bridgehead atoms. The molecule has 0 heterocycles. The van der Waals surface area contributed by atoms with Crippen LogP contribution in [0.15, 0.2) is 24.2 Å². The number of halogens is 1. The van der Waals surface area contributed by atoms with Gasteiger partial charge < -0.3 is 10.8 Å². The van der Waals surface area contributed by atoms with Gasteiger partial charge >= 0.3 is 5.97 Å². The van der Waals surface area contributed by atoms with Crippen LogP contribution in [0, 0.1) is 0 Å². The highest BCUT2D eigenvalue weighted by Crippen LogP contribution is 2.20. The zero-order valence-corrected chi connectivity index (χ0v) is 7.98. The van der Waals surface area contributed by atoms with Crippen LogP contribution < -0.4 is 5.73 Å². The normalized spacial score (nSPS) is 19.7. The summed E-state index contributed by atoms with van der Waals surface area (Å²) < 4.78 is 38.6. The van der Waals surface area contributed by atoms with Gasteiger partial charge in [-0.1, -0.05) is 23.7 Å². The SMILES string of the molecule is [2H]c1c([2H])c(C([2H])(CN)CC(=O)O)c([2H])c([2H])c1Cl. The zero-order valence-electron chi connectivity index (χ0n) is 12.2. The van der Waals surface area contributed by atoms with Crippen molar-refractivity contribution in [1.29, 1.82) is 0 Å². The molecular weight excluding hydrogens is 202 g/mol. The second kappa shape index (κ2) is 4.98. The number of rotatable bonds is 4. The highest BCUT2D eigenvalue weighted by molar-refractivity contribution is 6.30. The summed E-state index contributed by atoms with van der Waals surface area (Å²) in [6.45, 7) is -0.447. The van der Waals surface area contributed by atoms with Crippen LogP contribution in [0.2, 0.25) is 5.02 Å². The fourth-order valence-electron chi connectivity index (χ4n) is 0.919. The van der Waals surface area contributed by atoms with E-state index in [0.29, 0.717) is 0 Å². The van der Waals surface area contributed by atoms with E-state index in [1.54, 1.807) is 0 Å². The average Bonchev–Trinajstić information content (AvgIpc) is 2.33. The number of carbonyl (C=O) groups is 1. The number of hydrogen-bond acceptors (Lipinski definition) is 2. The number of carboxylic acids is 1. The smallest absolute Gasteiger partial charge is 0.304 e. The van der Waals surface area contributed by atoms with E-state index in [1.807, 2.05) is 0 Å². The molecule has 0 aliphatic rings. The number of carboxylic acid groups (broad SMARTS) is 1. The van der Waals surface area contributed by atoms with Crippen LogP contribution in [0.4, 0.5) is 0 Å². The minimum Gasteiger partial charge on any atom is -0.481 e. The first-order valence-electron chi connectivity index (χ1n) is 6.34. The summed E-state index contributed by atoms with van der Waals surface area (Å²) >= 11 is 5.64. The third-order valence-corrected chi connectivity index (χ3v) is 1.75. The predicted octanol–water partition coefficient (Wildman–Crippen LogP) is 1.86. The van der Waals surface area contributed by atoms with Crippen LogP contribution in [0.3, 0.4) is 0 Å². The standard InChI is InChI=1S/C10H12ClNO2/c11-9-3-1-7(2-4-9)8(6-12)5-10(13)14/h1-4,8H,5-6,12H2,(H,13,14)/i1D,2D,3D,4D,8D. The lowest BCUT2D eigenvalue weighted by atomic mass is 9.96. The Kier molecular flexibility index (Phi) is 2.04. The Bertz CT molecular complexity index is 510. The van der Waals surface area contributed by atoms with Crippen LogP contribution >= 0.6 is 11.6 Å². The van der Waals surface area contributed by atoms with Gasteiger partial charge in [-0.05, 0) is 24.2 Å². The maximum absolute atomic E-state index is 10.8. The minimum absolute atomic E-state index is 0.350. The molecule has 4 heteroatoms. The quantitative estimate of drug-likeness (QED) is 0.811. The molecule has 0 spiro atoms. The fourth-order valence-corrected chi connectivity index (χ4v) is 1.01. The first-order valence-corrected chi connectivity index (χ1v) is 4.21. The first-order chi connectivity index (χ1) is 8.65. The van der Waals surface area contributed by atoms with E-state index in [0.717, 1.165) is 0 Å². The Morgan fingerprint density at radius 1 is 1.64 bits per heavy atom. The molecule has 1 aromatic rings. The summed E-state index contributed by atoms with van der Waals surface area (Å²) in [4.78, 5) is 10.8. The fraction of sp³-hybridized carbons (Fsp3) is 0.300. The van der Waals surface area contributed by atoms with Crippen molar-refractivity contribution >= 4 is 17.6 Å². The summed E-state index contributed by atoms with van der Waals surface area (Å²) in [5.74, 6) is -3.25. The molecular formula is C10H12ClNO2.